The van der Waals surface area contributed by atoms with Gasteiger partial charge < -0.3 is 5.32 Å². The molecule has 0 bridgehead atoms. The van der Waals surface area contributed by atoms with Crippen molar-refractivity contribution in [1.82, 2.24) is 24.6 Å². The number of anilines is 1. The number of amides is 3. The van der Waals surface area contributed by atoms with E-state index < -0.39 is 23.8 Å². The number of imide groups is 1. The average molecular weight is 431 g/mol. The van der Waals surface area contributed by atoms with Crippen molar-refractivity contribution >= 4 is 46.6 Å². The van der Waals surface area contributed by atoms with Crippen LogP contribution in [0.25, 0.3) is 5.82 Å². The minimum Gasteiger partial charge on any atom is -0.323 e. The number of pyridine rings is 1. The number of carbonyl (C=O) groups is 3. The number of carbonyl (C=O) groups excluding carboxylic acids is 3. The molecular formula is C18H12Cl2N6O3. The highest BCUT2D eigenvalue weighted by atomic mass is 35.5. The molecule has 1 aliphatic heterocycles. The van der Waals surface area contributed by atoms with Crippen molar-refractivity contribution in [3.8, 4) is 5.82 Å². The third-order valence-electron chi connectivity index (χ3n) is 4.39. The lowest BCUT2D eigenvalue weighted by Gasteiger charge is -2.21. The van der Waals surface area contributed by atoms with Gasteiger partial charge in [0, 0.05) is 0 Å². The maximum atomic E-state index is 12.6. The quantitative estimate of drug-likeness (QED) is 0.636. The number of rotatable bonds is 4. The van der Waals surface area contributed by atoms with Crippen LogP contribution in [0.3, 0.4) is 0 Å². The van der Waals surface area contributed by atoms with E-state index in [-0.39, 0.29) is 21.2 Å². The number of hydrogen-bond acceptors (Lipinski definition) is 6. The van der Waals surface area contributed by atoms with Crippen LogP contribution >= 0.6 is 23.2 Å². The average Bonchev–Trinajstić information content (AvgIpc) is 3.31. The van der Waals surface area contributed by atoms with Gasteiger partial charge in [0.05, 0.1) is 33.1 Å². The van der Waals surface area contributed by atoms with E-state index in [1.165, 1.54) is 42.6 Å². The van der Waals surface area contributed by atoms with Crippen LogP contribution in [0.15, 0.2) is 43.1 Å². The van der Waals surface area contributed by atoms with Crippen LogP contribution in [0, 0.1) is 0 Å². The van der Waals surface area contributed by atoms with E-state index in [0.29, 0.717) is 11.5 Å². The first-order chi connectivity index (χ1) is 13.9. The van der Waals surface area contributed by atoms with E-state index in [9.17, 15) is 14.4 Å². The maximum absolute atomic E-state index is 12.6. The Morgan fingerprint density at radius 1 is 1.10 bits per heavy atom. The lowest BCUT2D eigenvalue weighted by Crippen LogP contribution is -2.45. The van der Waals surface area contributed by atoms with Gasteiger partial charge in [-0.1, -0.05) is 23.2 Å². The van der Waals surface area contributed by atoms with Crippen LogP contribution in [0.5, 0.6) is 0 Å². The van der Waals surface area contributed by atoms with E-state index in [2.05, 4.69) is 20.4 Å². The zero-order valence-electron chi connectivity index (χ0n) is 14.8. The highest BCUT2D eigenvalue weighted by molar-refractivity contribution is 6.43. The molecule has 0 radical (unpaired) electrons. The summed E-state index contributed by atoms with van der Waals surface area (Å²) in [6.07, 6.45) is 4.30. The molecule has 1 aliphatic rings. The van der Waals surface area contributed by atoms with Crippen molar-refractivity contribution in [3.05, 3.63) is 64.3 Å². The summed E-state index contributed by atoms with van der Waals surface area (Å²) in [7, 11) is 0. The molecule has 0 saturated heterocycles. The van der Waals surface area contributed by atoms with Crippen LogP contribution < -0.4 is 5.32 Å². The molecular weight excluding hydrogens is 419 g/mol. The Bertz CT molecular complexity index is 1090. The van der Waals surface area contributed by atoms with Gasteiger partial charge >= 0.3 is 0 Å². The largest absolute Gasteiger partial charge is 0.323 e. The van der Waals surface area contributed by atoms with Crippen LogP contribution in [-0.4, -0.2) is 48.4 Å². The molecule has 1 unspecified atom stereocenters. The number of hydrogen-bond donors (Lipinski definition) is 1. The monoisotopic (exact) mass is 430 g/mol. The summed E-state index contributed by atoms with van der Waals surface area (Å²) in [5.41, 5.74) is 0.624. The predicted octanol–water partition coefficient (Wildman–Crippen LogP) is 2.59. The van der Waals surface area contributed by atoms with Gasteiger partial charge in [-0.25, -0.2) is 14.6 Å². The van der Waals surface area contributed by atoms with Gasteiger partial charge in [-0.3, -0.25) is 19.3 Å². The van der Waals surface area contributed by atoms with Crippen molar-refractivity contribution in [2.24, 2.45) is 0 Å². The van der Waals surface area contributed by atoms with Crippen LogP contribution in [0.1, 0.15) is 27.6 Å². The Morgan fingerprint density at radius 2 is 1.76 bits per heavy atom. The number of benzene rings is 1. The molecule has 1 N–H and O–H groups in total. The minimum atomic E-state index is -1.06. The third kappa shape index (κ3) is 3.34. The zero-order valence-corrected chi connectivity index (χ0v) is 16.3. The Labute approximate surface area is 174 Å². The molecule has 1 atom stereocenters. The standard InChI is InChI=1S/C18H12Cl2N6O3/c1-9(26-17(28)11-4-13(19)14(20)5-12(11)18(26)29)16(27)24-10-2-3-15(22-6-10)25-8-21-7-23-25/h2-9H,1H3,(H,24,27). The van der Waals surface area contributed by atoms with E-state index in [4.69, 9.17) is 23.2 Å². The second kappa shape index (κ2) is 7.26. The molecule has 0 fully saturated rings. The second-order valence-electron chi connectivity index (χ2n) is 6.20. The fourth-order valence-corrected chi connectivity index (χ4v) is 3.22. The van der Waals surface area contributed by atoms with Gasteiger partial charge in [0.25, 0.3) is 11.8 Å². The Kier molecular flexibility index (Phi) is 4.77. The second-order valence-corrected chi connectivity index (χ2v) is 7.02. The first-order valence-corrected chi connectivity index (χ1v) is 9.11. The Morgan fingerprint density at radius 3 is 2.28 bits per heavy atom. The normalized spacial score (nSPS) is 14.1. The van der Waals surface area contributed by atoms with Gasteiger partial charge in [-0.2, -0.15) is 5.10 Å². The Hall–Kier alpha value is -3.30. The van der Waals surface area contributed by atoms with E-state index in [1.54, 1.807) is 12.1 Å². The fraction of sp³-hybridized carbons (Fsp3) is 0.111. The molecule has 146 valence electrons. The molecule has 3 amide bonds. The van der Waals surface area contributed by atoms with Crippen LogP contribution in [-0.2, 0) is 4.79 Å². The van der Waals surface area contributed by atoms with Gasteiger partial charge in [-0.05, 0) is 31.2 Å². The molecule has 29 heavy (non-hydrogen) atoms. The lowest BCUT2D eigenvalue weighted by molar-refractivity contribution is -0.119. The number of nitrogens with zero attached hydrogens (tertiary/aromatic N) is 5. The summed E-state index contributed by atoms with van der Waals surface area (Å²) in [5, 5.41) is 6.91. The topological polar surface area (TPSA) is 110 Å². The molecule has 2 aromatic heterocycles. The van der Waals surface area contributed by atoms with Gasteiger partial charge in [0.2, 0.25) is 5.91 Å². The lowest BCUT2D eigenvalue weighted by atomic mass is 10.1. The van der Waals surface area contributed by atoms with E-state index >= 15 is 0 Å². The smallest absolute Gasteiger partial charge is 0.262 e. The van der Waals surface area contributed by atoms with Crippen molar-refractivity contribution in [2.45, 2.75) is 13.0 Å². The van der Waals surface area contributed by atoms with Gasteiger partial charge in [0.15, 0.2) is 5.82 Å². The van der Waals surface area contributed by atoms with Gasteiger partial charge in [-0.15, -0.1) is 0 Å². The zero-order chi connectivity index (χ0) is 20.7. The highest BCUT2D eigenvalue weighted by Gasteiger charge is 2.41. The van der Waals surface area contributed by atoms with E-state index in [1.807, 2.05) is 0 Å². The first kappa shape index (κ1) is 19.0. The van der Waals surface area contributed by atoms with Gasteiger partial charge in [0.1, 0.15) is 18.7 Å². The summed E-state index contributed by atoms with van der Waals surface area (Å²) in [4.78, 5) is 46.8. The number of nitrogens with one attached hydrogen (secondary N) is 1. The molecule has 1 aromatic carbocycles. The summed E-state index contributed by atoms with van der Waals surface area (Å²) in [5.74, 6) is -1.24. The van der Waals surface area contributed by atoms with Crippen molar-refractivity contribution in [2.75, 3.05) is 5.32 Å². The van der Waals surface area contributed by atoms with E-state index in [0.717, 1.165) is 4.90 Å². The summed E-state index contributed by atoms with van der Waals surface area (Å²) in [6.45, 7) is 1.46. The fourth-order valence-electron chi connectivity index (χ4n) is 2.89. The molecule has 9 nitrogen and oxygen atoms in total. The predicted molar refractivity (Wildman–Crippen MR) is 104 cm³/mol. The maximum Gasteiger partial charge on any atom is 0.262 e. The number of fused-ring (bicyclic) bond motifs is 1. The van der Waals surface area contributed by atoms with Crippen LogP contribution in [0.4, 0.5) is 5.69 Å². The molecule has 0 aliphatic carbocycles. The summed E-state index contributed by atoms with van der Waals surface area (Å²) >= 11 is 11.9. The summed E-state index contributed by atoms with van der Waals surface area (Å²) < 4.78 is 1.46. The van der Waals surface area contributed by atoms with Crippen molar-refractivity contribution in [1.29, 1.82) is 0 Å². The SMILES string of the molecule is CC(C(=O)Nc1ccc(-n2cncn2)nc1)N1C(=O)c2cc(Cl)c(Cl)cc2C1=O. The molecule has 3 heterocycles. The molecule has 11 heteroatoms. The first-order valence-electron chi connectivity index (χ1n) is 8.35. The molecule has 3 aromatic rings. The van der Waals surface area contributed by atoms with Crippen molar-refractivity contribution < 1.29 is 14.4 Å². The number of halogens is 2. The van der Waals surface area contributed by atoms with Crippen molar-refractivity contribution in [3.63, 3.8) is 0 Å². The Balaban J connectivity index is 1.51. The number of aromatic nitrogens is 4. The third-order valence-corrected chi connectivity index (χ3v) is 5.12. The van der Waals surface area contributed by atoms with Crippen LogP contribution in [0.2, 0.25) is 10.0 Å². The molecule has 4 rings (SSSR count). The molecule has 0 saturated carbocycles. The minimum absolute atomic E-state index is 0.114. The highest BCUT2D eigenvalue weighted by Crippen LogP contribution is 2.32. The summed E-state index contributed by atoms with van der Waals surface area (Å²) in [6, 6.07) is 4.86. The molecule has 0 spiro atoms.